The Labute approximate surface area is 198 Å². The number of hydrogen-bond acceptors (Lipinski definition) is 6. The predicted molar refractivity (Wildman–Crippen MR) is 130 cm³/mol. The lowest BCUT2D eigenvalue weighted by Gasteiger charge is -2.14. The van der Waals surface area contributed by atoms with E-state index in [9.17, 15) is 9.59 Å². The van der Waals surface area contributed by atoms with Crippen LogP contribution in [0.4, 0.5) is 5.69 Å². The fraction of sp³-hybridized carbons (Fsp3) is 0.185. The number of methoxy groups -OCH3 is 2. The zero-order chi connectivity index (χ0) is 24.3. The van der Waals surface area contributed by atoms with E-state index in [1.54, 1.807) is 24.3 Å². The van der Waals surface area contributed by atoms with Gasteiger partial charge in [-0.1, -0.05) is 42.5 Å². The van der Waals surface area contributed by atoms with Crippen molar-refractivity contribution in [1.82, 2.24) is 0 Å². The quantitative estimate of drug-likeness (QED) is 0.343. The van der Waals surface area contributed by atoms with Crippen LogP contribution in [0.1, 0.15) is 18.1 Å². The van der Waals surface area contributed by atoms with Gasteiger partial charge in [0.15, 0.2) is 17.6 Å². The van der Waals surface area contributed by atoms with Crippen molar-refractivity contribution in [2.24, 2.45) is 0 Å². The van der Waals surface area contributed by atoms with Gasteiger partial charge in [-0.05, 0) is 48.4 Å². The summed E-state index contributed by atoms with van der Waals surface area (Å²) in [5.74, 6) is 0.655. The molecule has 7 nitrogen and oxygen atoms in total. The molecule has 0 aliphatic heterocycles. The van der Waals surface area contributed by atoms with Crippen molar-refractivity contribution in [2.45, 2.75) is 19.6 Å². The Kier molecular flexibility index (Phi) is 8.68. The van der Waals surface area contributed by atoms with E-state index in [1.165, 1.54) is 27.2 Å². The van der Waals surface area contributed by atoms with Crippen LogP contribution in [-0.4, -0.2) is 32.2 Å². The number of rotatable bonds is 10. The minimum absolute atomic E-state index is 0.464. The number of amides is 1. The fourth-order valence-electron chi connectivity index (χ4n) is 3.01. The van der Waals surface area contributed by atoms with Gasteiger partial charge < -0.3 is 24.3 Å². The summed E-state index contributed by atoms with van der Waals surface area (Å²) in [5.41, 5.74) is 2.38. The number of carbonyl (C=O) groups is 2. The molecule has 1 amide bonds. The Balaban J connectivity index is 1.48. The van der Waals surface area contributed by atoms with Crippen LogP contribution in [0.15, 0.2) is 78.9 Å². The van der Waals surface area contributed by atoms with Crippen LogP contribution >= 0.6 is 0 Å². The molecule has 34 heavy (non-hydrogen) atoms. The molecule has 0 saturated heterocycles. The molecule has 176 valence electrons. The maximum atomic E-state index is 12.4. The van der Waals surface area contributed by atoms with Gasteiger partial charge in [-0.3, -0.25) is 4.79 Å². The van der Waals surface area contributed by atoms with Crippen LogP contribution in [0, 0.1) is 0 Å². The van der Waals surface area contributed by atoms with E-state index in [0.717, 1.165) is 16.9 Å². The molecule has 1 atom stereocenters. The largest absolute Gasteiger partial charge is 0.493 e. The predicted octanol–water partition coefficient (Wildman–Crippen LogP) is 4.87. The van der Waals surface area contributed by atoms with Crippen molar-refractivity contribution in [3.63, 3.8) is 0 Å². The van der Waals surface area contributed by atoms with Gasteiger partial charge in [0, 0.05) is 17.8 Å². The number of benzene rings is 3. The average Bonchev–Trinajstić information content (AvgIpc) is 2.87. The first-order valence-corrected chi connectivity index (χ1v) is 10.7. The minimum atomic E-state index is -0.987. The van der Waals surface area contributed by atoms with E-state index in [1.807, 2.05) is 54.6 Å². The van der Waals surface area contributed by atoms with Gasteiger partial charge in [0.25, 0.3) is 5.91 Å². The summed E-state index contributed by atoms with van der Waals surface area (Å²) in [7, 11) is 3.03. The molecular formula is C27H27NO6. The van der Waals surface area contributed by atoms with E-state index >= 15 is 0 Å². The molecule has 0 fully saturated rings. The number of ether oxygens (including phenoxy) is 4. The zero-order valence-corrected chi connectivity index (χ0v) is 19.3. The highest BCUT2D eigenvalue weighted by atomic mass is 16.5. The van der Waals surface area contributed by atoms with Gasteiger partial charge >= 0.3 is 5.97 Å². The van der Waals surface area contributed by atoms with Gasteiger partial charge in [0.05, 0.1) is 14.2 Å². The number of hydrogen-bond donors (Lipinski definition) is 1. The third kappa shape index (κ3) is 7.13. The zero-order valence-electron chi connectivity index (χ0n) is 19.3. The number of anilines is 1. The Morgan fingerprint density at radius 2 is 1.62 bits per heavy atom. The average molecular weight is 462 g/mol. The maximum Gasteiger partial charge on any atom is 0.331 e. The Bertz CT molecular complexity index is 1130. The molecule has 3 aromatic carbocycles. The van der Waals surface area contributed by atoms with Crippen LogP contribution in [0.2, 0.25) is 0 Å². The fourth-order valence-corrected chi connectivity index (χ4v) is 3.01. The highest BCUT2D eigenvalue weighted by molar-refractivity contribution is 5.96. The SMILES string of the molecule is COc1ccc(NC(=O)C(C)OC(=O)/C=C/c2ccc(OCc3ccccc3)cc2)cc1OC. The van der Waals surface area contributed by atoms with Crippen molar-refractivity contribution < 1.29 is 28.5 Å². The summed E-state index contributed by atoms with van der Waals surface area (Å²) in [6.07, 6.45) is 1.90. The molecule has 0 spiro atoms. The summed E-state index contributed by atoms with van der Waals surface area (Å²) in [6.45, 7) is 1.98. The van der Waals surface area contributed by atoms with Gasteiger partial charge in [0.1, 0.15) is 12.4 Å². The first kappa shape index (κ1) is 24.4. The van der Waals surface area contributed by atoms with Gasteiger partial charge in [-0.2, -0.15) is 0 Å². The van der Waals surface area contributed by atoms with Crippen LogP contribution in [-0.2, 0) is 20.9 Å². The van der Waals surface area contributed by atoms with E-state index in [-0.39, 0.29) is 0 Å². The second kappa shape index (κ2) is 12.1. The lowest BCUT2D eigenvalue weighted by Crippen LogP contribution is -2.29. The molecular weight excluding hydrogens is 434 g/mol. The number of carbonyl (C=O) groups excluding carboxylic acids is 2. The second-order valence-electron chi connectivity index (χ2n) is 7.31. The smallest absolute Gasteiger partial charge is 0.331 e. The standard InChI is InChI=1S/C27H27NO6/c1-19(27(30)28-22-12-15-24(31-2)25(17-22)32-3)34-26(29)16-11-20-9-13-23(14-10-20)33-18-21-7-5-4-6-8-21/h4-17,19H,18H2,1-3H3,(H,28,30)/b16-11+. The van der Waals surface area contributed by atoms with Crippen LogP contribution < -0.4 is 19.5 Å². The van der Waals surface area contributed by atoms with Crippen molar-refractivity contribution in [3.8, 4) is 17.2 Å². The van der Waals surface area contributed by atoms with Crippen molar-refractivity contribution in [2.75, 3.05) is 19.5 Å². The van der Waals surface area contributed by atoms with Gasteiger partial charge in [0.2, 0.25) is 0 Å². The summed E-state index contributed by atoms with van der Waals surface area (Å²) < 4.78 is 21.3. The second-order valence-corrected chi connectivity index (χ2v) is 7.31. The van der Waals surface area contributed by atoms with E-state index in [0.29, 0.717) is 23.8 Å². The molecule has 0 bridgehead atoms. The lowest BCUT2D eigenvalue weighted by molar-refractivity contribution is -0.148. The summed E-state index contributed by atoms with van der Waals surface area (Å²) >= 11 is 0. The highest BCUT2D eigenvalue weighted by Gasteiger charge is 2.17. The molecule has 1 unspecified atom stereocenters. The number of nitrogens with one attached hydrogen (secondary N) is 1. The van der Waals surface area contributed by atoms with Crippen LogP contribution in [0.3, 0.4) is 0 Å². The maximum absolute atomic E-state index is 12.4. The monoisotopic (exact) mass is 461 g/mol. The topological polar surface area (TPSA) is 83.1 Å². The molecule has 0 aromatic heterocycles. The van der Waals surface area contributed by atoms with Crippen LogP contribution in [0.5, 0.6) is 17.2 Å². The van der Waals surface area contributed by atoms with Crippen molar-refractivity contribution in [3.05, 3.63) is 90.0 Å². The van der Waals surface area contributed by atoms with Crippen LogP contribution in [0.25, 0.3) is 6.08 Å². The molecule has 1 N–H and O–H groups in total. The van der Waals surface area contributed by atoms with Crippen molar-refractivity contribution in [1.29, 1.82) is 0 Å². The first-order chi connectivity index (χ1) is 16.5. The normalized spacial score (nSPS) is 11.5. The molecule has 7 heteroatoms. The van der Waals surface area contributed by atoms with E-state index in [4.69, 9.17) is 18.9 Å². The molecule has 0 aliphatic carbocycles. The molecule has 3 rings (SSSR count). The minimum Gasteiger partial charge on any atom is -0.493 e. The Morgan fingerprint density at radius 1 is 0.912 bits per heavy atom. The molecule has 3 aromatic rings. The third-order valence-corrected chi connectivity index (χ3v) is 4.85. The number of esters is 1. The van der Waals surface area contributed by atoms with Crippen molar-refractivity contribution >= 4 is 23.6 Å². The van der Waals surface area contributed by atoms with E-state index in [2.05, 4.69) is 5.32 Å². The van der Waals surface area contributed by atoms with Gasteiger partial charge in [-0.25, -0.2) is 4.79 Å². The summed E-state index contributed by atoms with van der Waals surface area (Å²) in [6, 6.07) is 22.2. The Hall–Kier alpha value is -4.26. The molecule has 0 heterocycles. The van der Waals surface area contributed by atoms with E-state index < -0.39 is 18.0 Å². The summed E-state index contributed by atoms with van der Waals surface area (Å²) in [4.78, 5) is 24.5. The molecule has 0 saturated carbocycles. The van der Waals surface area contributed by atoms with Gasteiger partial charge in [-0.15, -0.1) is 0 Å². The Morgan fingerprint density at radius 3 is 2.29 bits per heavy atom. The lowest BCUT2D eigenvalue weighted by atomic mass is 10.2. The highest BCUT2D eigenvalue weighted by Crippen LogP contribution is 2.29. The third-order valence-electron chi connectivity index (χ3n) is 4.85. The molecule has 0 aliphatic rings. The summed E-state index contributed by atoms with van der Waals surface area (Å²) in [5, 5.41) is 2.69. The first-order valence-electron chi connectivity index (χ1n) is 10.7. The molecule has 0 radical (unpaired) electrons.